The van der Waals surface area contributed by atoms with Gasteiger partial charge in [0.25, 0.3) is 0 Å². The highest BCUT2D eigenvalue weighted by atomic mass is 32.2. The Balaban J connectivity index is 2.34. The topological polar surface area (TPSA) is 46.2 Å². The summed E-state index contributed by atoms with van der Waals surface area (Å²) >= 11 is 0. The molecule has 2 rings (SSSR count). The van der Waals surface area contributed by atoms with E-state index in [0.29, 0.717) is 16.2 Å². The number of benzene rings is 1. The maximum atomic E-state index is 12.2. The first kappa shape index (κ1) is 12.3. The number of allylic oxidation sites excluding steroid dienone is 1. The summed E-state index contributed by atoms with van der Waals surface area (Å²) in [6.07, 6.45) is 3.28. The maximum Gasteiger partial charge on any atom is 0.203 e. The highest BCUT2D eigenvalue weighted by Crippen LogP contribution is 2.36. The molecule has 1 aromatic rings. The molecule has 3 nitrogen and oxygen atoms in total. The van der Waals surface area contributed by atoms with Crippen LogP contribution in [0.25, 0.3) is 6.08 Å². The Kier molecular flexibility index (Phi) is 3.35. The zero-order valence-electron chi connectivity index (χ0n) is 10.2. The summed E-state index contributed by atoms with van der Waals surface area (Å²) in [6, 6.07) is 5.44. The van der Waals surface area contributed by atoms with Crippen LogP contribution < -0.4 is 5.32 Å². The Morgan fingerprint density at radius 1 is 1.29 bits per heavy atom. The van der Waals surface area contributed by atoms with Gasteiger partial charge in [0.1, 0.15) is 0 Å². The van der Waals surface area contributed by atoms with Crippen LogP contribution in [0.2, 0.25) is 0 Å². The lowest BCUT2D eigenvalue weighted by atomic mass is 10.1. The lowest BCUT2D eigenvalue weighted by Gasteiger charge is -2.04. The number of nitrogens with one attached hydrogen (secondary N) is 1. The smallest absolute Gasteiger partial charge is 0.203 e. The van der Waals surface area contributed by atoms with Gasteiger partial charge in [-0.15, -0.1) is 0 Å². The molecule has 0 radical (unpaired) electrons. The van der Waals surface area contributed by atoms with E-state index in [1.165, 1.54) is 0 Å². The van der Waals surface area contributed by atoms with Gasteiger partial charge in [-0.2, -0.15) is 0 Å². The van der Waals surface area contributed by atoms with Crippen molar-refractivity contribution in [2.75, 3.05) is 13.6 Å². The molecule has 0 saturated heterocycles. The number of sulfone groups is 1. The largest absolute Gasteiger partial charge is 0.320 e. The van der Waals surface area contributed by atoms with Crippen LogP contribution in [0.1, 0.15) is 24.0 Å². The Morgan fingerprint density at radius 3 is 2.71 bits per heavy atom. The molecule has 0 saturated carbocycles. The second-order valence-electron chi connectivity index (χ2n) is 4.31. The molecule has 0 aliphatic carbocycles. The van der Waals surface area contributed by atoms with E-state index in [0.717, 1.165) is 24.1 Å². The third kappa shape index (κ3) is 2.15. The second-order valence-corrected chi connectivity index (χ2v) is 6.28. The first-order valence-corrected chi connectivity index (χ1v) is 7.25. The molecule has 0 spiro atoms. The molecule has 1 heterocycles. The summed E-state index contributed by atoms with van der Waals surface area (Å²) in [4.78, 5) is 1.02. The molecule has 1 aliphatic rings. The van der Waals surface area contributed by atoms with Crippen molar-refractivity contribution in [2.24, 2.45) is 0 Å². The molecular weight excluding hydrogens is 234 g/mol. The predicted molar refractivity (Wildman–Crippen MR) is 69.5 cm³/mol. The first-order valence-electron chi connectivity index (χ1n) is 5.77. The average molecular weight is 251 g/mol. The molecular formula is C13H17NO2S. The van der Waals surface area contributed by atoms with Crippen LogP contribution in [0.4, 0.5) is 0 Å². The molecule has 0 aromatic heterocycles. The summed E-state index contributed by atoms with van der Waals surface area (Å²) in [6.45, 7) is 2.78. The van der Waals surface area contributed by atoms with Gasteiger partial charge in [-0.25, -0.2) is 8.42 Å². The minimum Gasteiger partial charge on any atom is -0.320 e. The molecule has 0 unspecified atom stereocenters. The first-order chi connectivity index (χ1) is 8.07. The molecule has 0 amide bonds. The summed E-state index contributed by atoms with van der Waals surface area (Å²) < 4.78 is 24.5. The molecule has 1 aliphatic heterocycles. The highest BCUT2D eigenvalue weighted by Gasteiger charge is 2.29. The van der Waals surface area contributed by atoms with Crippen molar-refractivity contribution in [3.63, 3.8) is 0 Å². The molecule has 92 valence electrons. The summed E-state index contributed by atoms with van der Waals surface area (Å²) in [5.41, 5.74) is 1.89. The van der Waals surface area contributed by atoms with Gasteiger partial charge in [-0.3, -0.25) is 0 Å². The van der Waals surface area contributed by atoms with Crippen LogP contribution in [-0.2, 0) is 9.84 Å². The van der Waals surface area contributed by atoms with Gasteiger partial charge in [0.15, 0.2) is 0 Å². The molecule has 17 heavy (non-hydrogen) atoms. The van der Waals surface area contributed by atoms with E-state index < -0.39 is 9.84 Å². The lowest BCUT2D eigenvalue weighted by molar-refractivity contribution is 0.600. The third-order valence-electron chi connectivity index (χ3n) is 3.07. The van der Waals surface area contributed by atoms with Crippen molar-refractivity contribution in [1.29, 1.82) is 0 Å². The fraction of sp³-hybridized carbons (Fsp3) is 0.385. The van der Waals surface area contributed by atoms with Gasteiger partial charge in [0, 0.05) is 4.91 Å². The summed E-state index contributed by atoms with van der Waals surface area (Å²) in [5, 5.41) is 3.03. The van der Waals surface area contributed by atoms with Crippen molar-refractivity contribution < 1.29 is 8.42 Å². The van der Waals surface area contributed by atoms with Crippen LogP contribution in [0.15, 0.2) is 28.0 Å². The van der Waals surface area contributed by atoms with Crippen molar-refractivity contribution in [1.82, 2.24) is 5.32 Å². The van der Waals surface area contributed by atoms with Gasteiger partial charge in [-0.05, 0) is 56.6 Å². The molecule has 1 aromatic carbocycles. The zero-order valence-corrected chi connectivity index (χ0v) is 11.0. The monoisotopic (exact) mass is 251 g/mol. The molecule has 4 heteroatoms. The number of hydrogen-bond acceptors (Lipinski definition) is 3. The van der Waals surface area contributed by atoms with E-state index in [2.05, 4.69) is 5.32 Å². The normalized spacial score (nSPS) is 16.7. The highest BCUT2D eigenvalue weighted by molar-refractivity contribution is 7.95. The fourth-order valence-corrected chi connectivity index (χ4v) is 3.83. The Morgan fingerprint density at radius 2 is 2.06 bits per heavy atom. The molecule has 0 atom stereocenters. The maximum absolute atomic E-state index is 12.2. The van der Waals surface area contributed by atoms with E-state index in [1.807, 2.05) is 26.1 Å². The third-order valence-corrected chi connectivity index (χ3v) is 5.02. The van der Waals surface area contributed by atoms with E-state index in [4.69, 9.17) is 0 Å². The minimum absolute atomic E-state index is 0.469. The average Bonchev–Trinajstić information content (AvgIpc) is 2.54. The van der Waals surface area contributed by atoms with E-state index in [9.17, 15) is 8.42 Å². The number of rotatable bonds is 4. The number of aryl methyl sites for hydroxylation is 1. The van der Waals surface area contributed by atoms with Crippen LogP contribution in [0.5, 0.6) is 0 Å². The summed E-state index contributed by atoms with van der Waals surface area (Å²) in [5.74, 6) is 0. The number of fused-ring (bicyclic) bond motifs is 1. The van der Waals surface area contributed by atoms with Crippen LogP contribution in [0, 0.1) is 6.92 Å². The Labute approximate surface area is 102 Å². The quantitative estimate of drug-likeness (QED) is 0.834. The summed E-state index contributed by atoms with van der Waals surface area (Å²) in [7, 11) is -1.34. The van der Waals surface area contributed by atoms with Crippen LogP contribution >= 0.6 is 0 Å². The van der Waals surface area contributed by atoms with E-state index >= 15 is 0 Å². The lowest BCUT2D eigenvalue weighted by Crippen LogP contribution is -2.09. The van der Waals surface area contributed by atoms with Crippen molar-refractivity contribution in [3.05, 3.63) is 34.2 Å². The van der Waals surface area contributed by atoms with Gasteiger partial charge in [0.2, 0.25) is 9.84 Å². The Hall–Kier alpha value is -1.13. The van der Waals surface area contributed by atoms with Gasteiger partial charge < -0.3 is 5.32 Å². The zero-order chi connectivity index (χ0) is 12.5. The van der Waals surface area contributed by atoms with Crippen LogP contribution in [-0.4, -0.2) is 22.0 Å². The van der Waals surface area contributed by atoms with E-state index in [-0.39, 0.29) is 0 Å². The van der Waals surface area contributed by atoms with Crippen molar-refractivity contribution in [3.8, 4) is 0 Å². The molecule has 0 bridgehead atoms. The standard InChI is InChI=1S/C13H17NO2S/c1-10-5-3-7-13-12(10)9-11(17(13,15)16)6-4-8-14-2/h3,5,7,9,14H,4,6,8H2,1-2H3. The fourth-order valence-electron chi connectivity index (χ4n) is 2.10. The van der Waals surface area contributed by atoms with Crippen molar-refractivity contribution >= 4 is 15.9 Å². The predicted octanol–water partition coefficient (Wildman–Crippen LogP) is 2.12. The molecule has 0 fully saturated rings. The second kappa shape index (κ2) is 4.63. The van der Waals surface area contributed by atoms with E-state index in [1.54, 1.807) is 12.1 Å². The van der Waals surface area contributed by atoms with Gasteiger partial charge >= 0.3 is 0 Å². The van der Waals surface area contributed by atoms with Gasteiger partial charge in [0.05, 0.1) is 4.90 Å². The Bertz CT molecular complexity index is 559. The molecule has 1 N–H and O–H groups in total. The SMILES string of the molecule is CNCCCC1=Cc2c(C)cccc2S1(=O)=O. The minimum atomic E-state index is -3.22. The van der Waals surface area contributed by atoms with Gasteiger partial charge in [-0.1, -0.05) is 12.1 Å². The van der Waals surface area contributed by atoms with Crippen LogP contribution in [0.3, 0.4) is 0 Å². The number of hydrogen-bond donors (Lipinski definition) is 1. The van der Waals surface area contributed by atoms with Crippen molar-refractivity contribution in [2.45, 2.75) is 24.7 Å².